The zero-order valence-corrected chi connectivity index (χ0v) is 41.1. The highest BCUT2D eigenvalue weighted by atomic mass is 16.6. The smallest absolute Gasteiger partial charge is 0.306 e. The second-order valence-electron chi connectivity index (χ2n) is 17.2. The van der Waals surface area contributed by atoms with Gasteiger partial charge in [0.2, 0.25) is 0 Å². The third-order valence-electron chi connectivity index (χ3n) is 11.0. The summed E-state index contributed by atoms with van der Waals surface area (Å²) < 4.78 is 16.8. The van der Waals surface area contributed by atoms with Crippen LogP contribution in [0.2, 0.25) is 0 Å². The predicted molar refractivity (Wildman–Crippen MR) is 270 cm³/mol. The summed E-state index contributed by atoms with van der Waals surface area (Å²) in [6.45, 7) is 6.47. The van der Waals surface area contributed by atoms with Crippen molar-refractivity contribution >= 4 is 17.9 Å². The van der Waals surface area contributed by atoms with E-state index < -0.39 is 6.10 Å². The Morgan fingerprint density at radius 2 is 0.635 bits per heavy atom. The van der Waals surface area contributed by atoms with Gasteiger partial charge in [-0.1, -0.05) is 221 Å². The lowest BCUT2D eigenvalue weighted by Crippen LogP contribution is -2.30. The van der Waals surface area contributed by atoms with Gasteiger partial charge in [0.1, 0.15) is 13.2 Å². The molecule has 0 N–H and O–H groups in total. The van der Waals surface area contributed by atoms with Crippen LogP contribution in [0.5, 0.6) is 0 Å². The lowest BCUT2D eigenvalue weighted by Gasteiger charge is -2.18. The molecule has 0 amide bonds. The minimum Gasteiger partial charge on any atom is -0.462 e. The summed E-state index contributed by atoms with van der Waals surface area (Å²) in [5.41, 5.74) is 0. The van der Waals surface area contributed by atoms with Crippen LogP contribution in [-0.2, 0) is 28.6 Å². The number of allylic oxidation sites excluding steroid dienone is 14. The van der Waals surface area contributed by atoms with Crippen molar-refractivity contribution in [1.82, 2.24) is 0 Å². The first-order chi connectivity index (χ1) is 31.0. The molecule has 1 atom stereocenters. The van der Waals surface area contributed by atoms with E-state index in [1.165, 1.54) is 89.9 Å². The molecule has 0 aliphatic heterocycles. The second-order valence-corrected chi connectivity index (χ2v) is 17.2. The number of hydrogen-bond acceptors (Lipinski definition) is 6. The number of carbonyl (C=O) groups excluding carboxylic acids is 3. The van der Waals surface area contributed by atoms with E-state index in [1.807, 2.05) is 24.3 Å². The summed E-state index contributed by atoms with van der Waals surface area (Å²) >= 11 is 0. The standard InChI is InChI=1S/C57H96O6/c1-4-7-10-13-16-19-22-24-26-28-29-31-32-35-38-41-44-47-50-56(59)62-53-54(52-61-55(58)49-46-43-40-37-34-21-18-15-12-9-6-3)63-57(60)51-48-45-42-39-36-33-30-27-25-23-20-17-14-11-8-5-2/h10,13,15-16,18-19,22,24,26-31,54H,4-9,11-12,14,17,20-21,23,25,32-53H2,1-3H3/b13-10-,18-15-,19-16-,24-22-,28-26-,30-27-,31-29-. The molecule has 0 aliphatic carbocycles. The summed E-state index contributed by atoms with van der Waals surface area (Å²) in [6.07, 6.45) is 65.6. The Morgan fingerprint density at radius 1 is 0.317 bits per heavy atom. The average molecular weight is 877 g/mol. The Kier molecular flexibility index (Phi) is 48.5. The van der Waals surface area contributed by atoms with Crippen molar-refractivity contribution in [2.24, 2.45) is 0 Å². The molecular formula is C57H96O6. The van der Waals surface area contributed by atoms with E-state index in [4.69, 9.17) is 14.2 Å². The normalized spacial score (nSPS) is 12.7. The highest BCUT2D eigenvalue weighted by Crippen LogP contribution is 2.14. The molecular weight excluding hydrogens is 781 g/mol. The highest BCUT2D eigenvalue weighted by Gasteiger charge is 2.19. The summed E-state index contributed by atoms with van der Waals surface area (Å²) in [7, 11) is 0. The van der Waals surface area contributed by atoms with Crippen LogP contribution in [-0.4, -0.2) is 37.2 Å². The van der Waals surface area contributed by atoms with Crippen LogP contribution in [0.3, 0.4) is 0 Å². The van der Waals surface area contributed by atoms with Gasteiger partial charge in [-0.15, -0.1) is 0 Å². The highest BCUT2D eigenvalue weighted by molar-refractivity contribution is 5.71. The van der Waals surface area contributed by atoms with Crippen LogP contribution >= 0.6 is 0 Å². The third-order valence-corrected chi connectivity index (χ3v) is 11.0. The van der Waals surface area contributed by atoms with Gasteiger partial charge in [0.15, 0.2) is 6.10 Å². The molecule has 0 spiro atoms. The molecule has 360 valence electrons. The zero-order chi connectivity index (χ0) is 45.8. The molecule has 0 rings (SSSR count). The maximum atomic E-state index is 12.8. The summed E-state index contributed by atoms with van der Waals surface area (Å²) in [5.74, 6) is -0.937. The van der Waals surface area contributed by atoms with Crippen molar-refractivity contribution in [2.45, 2.75) is 245 Å². The number of esters is 3. The zero-order valence-electron chi connectivity index (χ0n) is 41.1. The number of rotatable bonds is 46. The molecule has 0 saturated carbocycles. The quantitative estimate of drug-likeness (QED) is 0.0199. The van der Waals surface area contributed by atoms with Crippen LogP contribution < -0.4 is 0 Å². The first-order valence-electron chi connectivity index (χ1n) is 26.2. The molecule has 6 heteroatoms. The first kappa shape index (κ1) is 59.6. The van der Waals surface area contributed by atoms with E-state index in [-0.39, 0.29) is 31.1 Å². The fourth-order valence-corrected chi connectivity index (χ4v) is 6.98. The predicted octanol–water partition coefficient (Wildman–Crippen LogP) is 17.2. The molecule has 0 aromatic heterocycles. The Balaban J connectivity index is 4.45. The van der Waals surface area contributed by atoms with E-state index in [2.05, 4.69) is 81.5 Å². The van der Waals surface area contributed by atoms with Crippen molar-refractivity contribution in [3.63, 3.8) is 0 Å². The molecule has 63 heavy (non-hydrogen) atoms. The maximum Gasteiger partial charge on any atom is 0.306 e. The Bertz CT molecular complexity index is 1240. The summed E-state index contributed by atoms with van der Waals surface area (Å²) in [5, 5.41) is 0. The van der Waals surface area contributed by atoms with Gasteiger partial charge >= 0.3 is 17.9 Å². The Morgan fingerprint density at radius 3 is 1.05 bits per heavy atom. The number of carbonyl (C=O) groups is 3. The van der Waals surface area contributed by atoms with Gasteiger partial charge < -0.3 is 14.2 Å². The van der Waals surface area contributed by atoms with Crippen molar-refractivity contribution in [3.05, 3.63) is 85.1 Å². The van der Waals surface area contributed by atoms with Crippen LogP contribution in [0.1, 0.15) is 239 Å². The summed E-state index contributed by atoms with van der Waals surface area (Å²) in [6, 6.07) is 0. The lowest BCUT2D eigenvalue weighted by molar-refractivity contribution is -0.167. The van der Waals surface area contributed by atoms with E-state index in [0.29, 0.717) is 19.3 Å². The van der Waals surface area contributed by atoms with E-state index in [1.54, 1.807) is 0 Å². The topological polar surface area (TPSA) is 78.9 Å². The summed E-state index contributed by atoms with van der Waals surface area (Å²) in [4.78, 5) is 38.0. The van der Waals surface area contributed by atoms with Crippen molar-refractivity contribution < 1.29 is 28.6 Å². The fourth-order valence-electron chi connectivity index (χ4n) is 6.98. The van der Waals surface area contributed by atoms with Crippen LogP contribution in [0.25, 0.3) is 0 Å². The minimum atomic E-state index is -0.794. The number of unbranched alkanes of at least 4 members (excludes halogenated alkanes) is 25. The van der Waals surface area contributed by atoms with Crippen LogP contribution in [0, 0.1) is 0 Å². The first-order valence-corrected chi connectivity index (χ1v) is 26.2. The third kappa shape index (κ3) is 49.5. The van der Waals surface area contributed by atoms with E-state index in [9.17, 15) is 14.4 Å². The van der Waals surface area contributed by atoms with Crippen LogP contribution in [0.15, 0.2) is 85.1 Å². The molecule has 0 aliphatic rings. The lowest BCUT2D eigenvalue weighted by atomic mass is 10.1. The van der Waals surface area contributed by atoms with E-state index in [0.717, 1.165) is 109 Å². The molecule has 1 unspecified atom stereocenters. The minimum absolute atomic E-state index is 0.0933. The van der Waals surface area contributed by atoms with Gasteiger partial charge in [-0.25, -0.2) is 0 Å². The van der Waals surface area contributed by atoms with Gasteiger partial charge in [0.25, 0.3) is 0 Å². The largest absolute Gasteiger partial charge is 0.462 e. The number of hydrogen-bond donors (Lipinski definition) is 0. The monoisotopic (exact) mass is 877 g/mol. The molecule has 6 nitrogen and oxygen atoms in total. The molecule has 0 aromatic carbocycles. The van der Waals surface area contributed by atoms with E-state index >= 15 is 0 Å². The van der Waals surface area contributed by atoms with Crippen molar-refractivity contribution in [1.29, 1.82) is 0 Å². The molecule has 0 heterocycles. The second kappa shape index (κ2) is 51.2. The average Bonchev–Trinajstić information content (AvgIpc) is 3.28. The number of ether oxygens (including phenoxy) is 3. The molecule has 0 fully saturated rings. The van der Waals surface area contributed by atoms with Gasteiger partial charge in [-0.3, -0.25) is 14.4 Å². The van der Waals surface area contributed by atoms with Gasteiger partial charge in [0, 0.05) is 19.3 Å². The molecule has 0 radical (unpaired) electrons. The van der Waals surface area contributed by atoms with Crippen molar-refractivity contribution in [3.8, 4) is 0 Å². The van der Waals surface area contributed by atoms with Gasteiger partial charge in [-0.05, 0) is 83.5 Å². The Labute approximate surface area is 388 Å². The van der Waals surface area contributed by atoms with Crippen LogP contribution in [0.4, 0.5) is 0 Å². The molecule has 0 saturated heterocycles. The fraction of sp³-hybridized carbons (Fsp3) is 0.702. The van der Waals surface area contributed by atoms with Crippen molar-refractivity contribution in [2.75, 3.05) is 13.2 Å². The van der Waals surface area contributed by atoms with Gasteiger partial charge in [-0.2, -0.15) is 0 Å². The molecule has 0 bridgehead atoms. The maximum absolute atomic E-state index is 12.8. The molecule has 0 aromatic rings. The SMILES string of the molecule is CCC\C=C/C=C\C=C/C=C\C=C/CCCCCCCC(=O)OCC(COC(=O)CCCCCCC/C=C\CCCC)OC(=O)CCCCCCC/C=C\CCCCCCCCC. The Hall–Kier alpha value is -3.41. The van der Waals surface area contributed by atoms with Gasteiger partial charge in [0.05, 0.1) is 0 Å².